The minimum absolute atomic E-state index is 0.0991. The van der Waals surface area contributed by atoms with E-state index in [1.807, 2.05) is 0 Å². The lowest BCUT2D eigenvalue weighted by Crippen LogP contribution is -2.18. The standard InChI is InChI=1S/C23H18F2N2O3S/c24-17-7-5-16(6-8-17)15-31(29,30)22-13-27(21-4-2-1-3-20(21)22)14-23(28)26-19-11-9-18(25)10-12-19/h1-13H,14-15H2,(H,26,28). The second-order valence-corrected chi connectivity index (χ2v) is 9.04. The molecule has 0 saturated carbocycles. The molecule has 31 heavy (non-hydrogen) atoms. The van der Waals surface area contributed by atoms with Gasteiger partial charge in [-0.1, -0.05) is 30.3 Å². The first-order valence-corrected chi connectivity index (χ1v) is 11.1. The molecule has 0 aliphatic carbocycles. The van der Waals surface area contributed by atoms with E-state index in [-0.39, 0.29) is 23.1 Å². The summed E-state index contributed by atoms with van der Waals surface area (Å²) in [6.45, 7) is -0.121. The Bertz CT molecular complexity index is 1350. The van der Waals surface area contributed by atoms with Crippen LogP contribution in [0.4, 0.5) is 14.5 Å². The molecular formula is C23H18F2N2O3S. The first-order valence-electron chi connectivity index (χ1n) is 9.42. The average Bonchev–Trinajstić information content (AvgIpc) is 3.11. The second-order valence-electron chi connectivity index (χ2n) is 7.08. The minimum atomic E-state index is -3.75. The SMILES string of the molecule is O=C(Cn1cc(S(=O)(=O)Cc2ccc(F)cc2)c2ccccc21)Nc1ccc(F)cc1. The van der Waals surface area contributed by atoms with E-state index < -0.39 is 21.5 Å². The number of hydrogen-bond donors (Lipinski definition) is 1. The highest BCUT2D eigenvalue weighted by molar-refractivity contribution is 7.90. The topological polar surface area (TPSA) is 68.2 Å². The quantitative estimate of drug-likeness (QED) is 0.479. The van der Waals surface area contributed by atoms with Gasteiger partial charge in [0.05, 0.1) is 10.6 Å². The van der Waals surface area contributed by atoms with Crippen molar-refractivity contribution in [2.45, 2.75) is 17.2 Å². The molecule has 1 N–H and O–H groups in total. The van der Waals surface area contributed by atoms with Gasteiger partial charge in [-0.15, -0.1) is 0 Å². The number of hydrogen-bond acceptors (Lipinski definition) is 3. The number of aromatic nitrogens is 1. The van der Waals surface area contributed by atoms with Gasteiger partial charge in [0.2, 0.25) is 5.91 Å². The predicted octanol–water partition coefficient (Wildman–Crippen LogP) is 4.53. The van der Waals surface area contributed by atoms with Crippen molar-refractivity contribution < 1.29 is 22.0 Å². The van der Waals surface area contributed by atoms with Crippen LogP contribution in [0.2, 0.25) is 0 Å². The van der Waals surface area contributed by atoms with Gasteiger partial charge in [0.15, 0.2) is 9.84 Å². The number of rotatable bonds is 6. The third-order valence-electron chi connectivity index (χ3n) is 4.80. The molecule has 1 heterocycles. The molecule has 0 unspecified atom stereocenters. The molecule has 0 spiro atoms. The largest absolute Gasteiger partial charge is 0.337 e. The Morgan fingerprint density at radius 1 is 0.871 bits per heavy atom. The van der Waals surface area contributed by atoms with Gasteiger partial charge >= 0.3 is 0 Å². The normalized spacial score (nSPS) is 11.5. The van der Waals surface area contributed by atoms with E-state index in [2.05, 4.69) is 5.32 Å². The van der Waals surface area contributed by atoms with Crippen molar-refractivity contribution in [1.82, 2.24) is 4.57 Å². The molecule has 0 aliphatic rings. The monoisotopic (exact) mass is 440 g/mol. The van der Waals surface area contributed by atoms with Crippen LogP contribution in [0.15, 0.2) is 83.9 Å². The smallest absolute Gasteiger partial charge is 0.244 e. The van der Waals surface area contributed by atoms with Crippen LogP contribution in [0.1, 0.15) is 5.56 Å². The zero-order valence-corrected chi connectivity index (χ0v) is 17.1. The summed E-state index contributed by atoms with van der Waals surface area (Å²) in [6, 6.07) is 17.6. The summed E-state index contributed by atoms with van der Waals surface area (Å²) < 4.78 is 53.9. The third kappa shape index (κ3) is 4.64. The Labute approximate surface area is 177 Å². The molecule has 158 valence electrons. The number of carbonyl (C=O) groups is 1. The number of anilines is 1. The van der Waals surface area contributed by atoms with Gasteiger partial charge in [0.25, 0.3) is 0 Å². The Morgan fingerprint density at radius 3 is 2.16 bits per heavy atom. The summed E-state index contributed by atoms with van der Waals surface area (Å²) in [6.07, 6.45) is 1.44. The van der Waals surface area contributed by atoms with E-state index in [0.717, 1.165) is 0 Å². The molecule has 8 heteroatoms. The van der Waals surface area contributed by atoms with Crippen LogP contribution >= 0.6 is 0 Å². The number of halogens is 2. The Hall–Kier alpha value is -3.52. The van der Waals surface area contributed by atoms with Crippen molar-refractivity contribution in [1.29, 1.82) is 0 Å². The van der Waals surface area contributed by atoms with Gasteiger partial charge in [-0.05, 0) is 48.0 Å². The van der Waals surface area contributed by atoms with Gasteiger partial charge < -0.3 is 9.88 Å². The maximum absolute atomic E-state index is 13.1. The summed E-state index contributed by atoms with van der Waals surface area (Å²) in [4.78, 5) is 12.6. The summed E-state index contributed by atoms with van der Waals surface area (Å²) >= 11 is 0. The van der Waals surface area contributed by atoms with E-state index in [9.17, 15) is 22.0 Å². The number of para-hydroxylation sites is 1. The summed E-state index contributed by atoms with van der Waals surface area (Å²) in [5, 5.41) is 3.16. The first-order chi connectivity index (χ1) is 14.8. The highest BCUT2D eigenvalue weighted by Crippen LogP contribution is 2.28. The number of nitrogens with one attached hydrogen (secondary N) is 1. The van der Waals surface area contributed by atoms with Crippen LogP contribution in [0.5, 0.6) is 0 Å². The van der Waals surface area contributed by atoms with E-state index in [1.54, 1.807) is 28.8 Å². The lowest BCUT2D eigenvalue weighted by atomic mass is 10.2. The maximum atomic E-state index is 13.1. The molecule has 1 amide bonds. The molecule has 0 saturated heterocycles. The van der Waals surface area contributed by atoms with Crippen LogP contribution in [-0.2, 0) is 26.9 Å². The van der Waals surface area contributed by atoms with E-state index in [4.69, 9.17) is 0 Å². The molecule has 3 aromatic carbocycles. The summed E-state index contributed by atoms with van der Waals surface area (Å²) in [5.41, 5.74) is 1.49. The average molecular weight is 440 g/mol. The molecule has 0 atom stereocenters. The van der Waals surface area contributed by atoms with Gasteiger partial charge in [-0.3, -0.25) is 4.79 Å². The van der Waals surface area contributed by atoms with Crippen LogP contribution in [0.3, 0.4) is 0 Å². The molecule has 0 bridgehead atoms. The molecular weight excluding hydrogens is 422 g/mol. The fourth-order valence-electron chi connectivity index (χ4n) is 3.36. The van der Waals surface area contributed by atoms with E-state index in [1.165, 1.54) is 54.7 Å². The molecule has 0 aliphatic heterocycles. The van der Waals surface area contributed by atoms with Gasteiger partial charge in [-0.25, -0.2) is 17.2 Å². The maximum Gasteiger partial charge on any atom is 0.244 e. The van der Waals surface area contributed by atoms with Crippen LogP contribution in [-0.4, -0.2) is 18.9 Å². The van der Waals surface area contributed by atoms with Crippen molar-refractivity contribution in [2.75, 3.05) is 5.32 Å². The first kappa shape index (κ1) is 20.7. The lowest BCUT2D eigenvalue weighted by molar-refractivity contribution is -0.116. The molecule has 4 rings (SSSR count). The van der Waals surface area contributed by atoms with Crippen molar-refractivity contribution in [3.05, 3.63) is 96.2 Å². The predicted molar refractivity (Wildman–Crippen MR) is 114 cm³/mol. The summed E-state index contributed by atoms with van der Waals surface area (Å²) in [7, 11) is -3.75. The number of benzene rings is 3. The minimum Gasteiger partial charge on any atom is -0.337 e. The molecule has 5 nitrogen and oxygen atoms in total. The lowest BCUT2D eigenvalue weighted by Gasteiger charge is -2.07. The molecule has 1 aromatic heterocycles. The van der Waals surface area contributed by atoms with E-state index in [0.29, 0.717) is 22.2 Å². The molecule has 4 aromatic rings. The Kier molecular flexibility index (Phi) is 5.56. The number of fused-ring (bicyclic) bond motifs is 1. The van der Waals surface area contributed by atoms with Crippen molar-refractivity contribution in [3.8, 4) is 0 Å². The van der Waals surface area contributed by atoms with Crippen LogP contribution < -0.4 is 5.32 Å². The Morgan fingerprint density at radius 2 is 1.48 bits per heavy atom. The van der Waals surface area contributed by atoms with Crippen molar-refractivity contribution >= 4 is 32.3 Å². The number of amides is 1. The highest BCUT2D eigenvalue weighted by Gasteiger charge is 2.22. The number of nitrogens with zero attached hydrogens (tertiary/aromatic N) is 1. The summed E-state index contributed by atoms with van der Waals surface area (Å²) in [5.74, 6) is -1.52. The van der Waals surface area contributed by atoms with E-state index >= 15 is 0 Å². The van der Waals surface area contributed by atoms with Crippen LogP contribution in [0.25, 0.3) is 10.9 Å². The fraction of sp³-hybridized carbons (Fsp3) is 0.0870. The van der Waals surface area contributed by atoms with Crippen LogP contribution in [0, 0.1) is 11.6 Å². The van der Waals surface area contributed by atoms with Crippen molar-refractivity contribution in [3.63, 3.8) is 0 Å². The fourth-order valence-corrected chi connectivity index (χ4v) is 4.94. The van der Waals surface area contributed by atoms with Gasteiger partial charge in [0, 0.05) is 22.8 Å². The Balaban J connectivity index is 1.63. The number of carbonyl (C=O) groups excluding carboxylic acids is 1. The molecule has 0 radical (unpaired) electrons. The number of sulfone groups is 1. The van der Waals surface area contributed by atoms with Gasteiger partial charge in [-0.2, -0.15) is 0 Å². The third-order valence-corrected chi connectivity index (χ3v) is 6.51. The zero-order valence-electron chi connectivity index (χ0n) is 16.3. The van der Waals surface area contributed by atoms with Gasteiger partial charge in [0.1, 0.15) is 18.2 Å². The van der Waals surface area contributed by atoms with Crippen molar-refractivity contribution in [2.24, 2.45) is 0 Å². The highest BCUT2D eigenvalue weighted by atomic mass is 32.2. The molecule has 0 fully saturated rings. The second kappa shape index (κ2) is 8.31. The zero-order chi connectivity index (χ0) is 22.0.